The van der Waals surface area contributed by atoms with Gasteiger partial charge in [0, 0.05) is 6.20 Å². The fourth-order valence-electron chi connectivity index (χ4n) is 1.76. The molecule has 0 fully saturated rings. The maximum atomic E-state index is 13.7. The molecule has 2 rings (SSSR count). The minimum Gasteiger partial charge on any atom is -0.396 e. The smallest absolute Gasteiger partial charge is 0.254 e. The van der Waals surface area contributed by atoms with E-state index in [0.29, 0.717) is 5.69 Å². The first-order valence-corrected chi connectivity index (χ1v) is 5.95. The number of nitrogen functional groups attached to an aromatic ring is 1. The van der Waals surface area contributed by atoms with Crippen LogP contribution in [-0.4, -0.2) is 10.9 Å². The van der Waals surface area contributed by atoms with Gasteiger partial charge in [-0.3, -0.25) is 9.78 Å². The molecule has 104 valence electrons. The summed E-state index contributed by atoms with van der Waals surface area (Å²) in [5.74, 6) is -2.44. The van der Waals surface area contributed by atoms with Crippen LogP contribution < -0.4 is 11.1 Å². The number of anilines is 1. The van der Waals surface area contributed by atoms with Crippen molar-refractivity contribution in [1.82, 2.24) is 10.3 Å². The number of halogens is 2. The fraction of sp³-hybridized carbons (Fsp3) is 0.143. The van der Waals surface area contributed by atoms with Crippen LogP contribution in [0.3, 0.4) is 0 Å². The Morgan fingerprint density at radius 1 is 1.35 bits per heavy atom. The molecule has 0 saturated heterocycles. The number of aromatic nitrogens is 1. The number of hydrogen-bond acceptors (Lipinski definition) is 3. The minimum absolute atomic E-state index is 0.402. The normalized spacial score (nSPS) is 11.9. The zero-order valence-electron chi connectivity index (χ0n) is 10.7. The SMILES string of the molecule is CC(NC(=O)c1cc(F)cc(N)c1F)c1ccccn1. The summed E-state index contributed by atoms with van der Waals surface area (Å²) in [5, 5.41) is 2.54. The molecule has 0 aliphatic heterocycles. The lowest BCUT2D eigenvalue weighted by Gasteiger charge is -2.14. The first-order valence-electron chi connectivity index (χ1n) is 5.95. The topological polar surface area (TPSA) is 68.0 Å². The molecule has 0 bridgehead atoms. The van der Waals surface area contributed by atoms with Crippen molar-refractivity contribution in [3.63, 3.8) is 0 Å². The Morgan fingerprint density at radius 2 is 2.10 bits per heavy atom. The molecule has 2 aromatic rings. The Hall–Kier alpha value is -2.50. The molecule has 0 aliphatic carbocycles. The summed E-state index contributed by atoms with van der Waals surface area (Å²) >= 11 is 0. The van der Waals surface area contributed by atoms with E-state index in [4.69, 9.17) is 5.73 Å². The molecule has 0 spiro atoms. The average Bonchev–Trinajstić information content (AvgIpc) is 2.43. The van der Waals surface area contributed by atoms with Gasteiger partial charge >= 0.3 is 0 Å². The van der Waals surface area contributed by atoms with Gasteiger partial charge in [0.1, 0.15) is 5.82 Å². The number of carbonyl (C=O) groups excluding carboxylic acids is 1. The van der Waals surface area contributed by atoms with Crippen LogP contribution in [0.1, 0.15) is 29.0 Å². The van der Waals surface area contributed by atoms with E-state index >= 15 is 0 Å². The third-order valence-corrected chi connectivity index (χ3v) is 2.79. The van der Waals surface area contributed by atoms with E-state index in [1.807, 2.05) is 0 Å². The van der Waals surface area contributed by atoms with Crippen LogP contribution in [0.4, 0.5) is 14.5 Å². The Kier molecular flexibility index (Phi) is 3.93. The summed E-state index contributed by atoms with van der Waals surface area (Å²) in [6.45, 7) is 1.70. The van der Waals surface area contributed by atoms with Crippen molar-refractivity contribution in [3.8, 4) is 0 Å². The summed E-state index contributed by atoms with van der Waals surface area (Å²) in [5.41, 5.74) is 5.08. The Bertz CT molecular complexity index is 632. The number of benzene rings is 1. The van der Waals surface area contributed by atoms with Crippen LogP contribution in [0.5, 0.6) is 0 Å². The highest BCUT2D eigenvalue weighted by molar-refractivity contribution is 5.95. The van der Waals surface area contributed by atoms with Crippen LogP contribution in [0.15, 0.2) is 36.5 Å². The van der Waals surface area contributed by atoms with E-state index in [-0.39, 0.29) is 0 Å². The van der Waals surface area contributed by atoms with Gasteiger partial charge in [-0.05, 0) is 31.2 Å². The highest BCUT2D eigenvalue weighted by Crippen LogP contribution is 2.18. The summed E-state index contributed by atoms with van der Waals surface area (Å²) in [7, 11) is 0. The molecule has 1 heterocycles. The molecular weight excluding hydrogens is 264 g/mol. The second kappa shape index (κ2) is 5.64. The zero-order chi connectivity index (χ0) is 14.7. The van der Waals surface area contributed by atoms with Gasteiger partial charge in [0.05, 0.1) is 23.0 Å². The lowest BCUT2D eigenvalue weighted by Crippen LogP contribution is -2.28. The van der Waals surface area contributed by atoms with Crippen molar-refractivity contribution < 1.29 is 13.6 Å². The van der Waals surface area contributed by atoms with Gasteiger partial charge in [0.2, 0.25) is 0 Å². The maximum absolute atomic E-state index is 13.7. The highest BCUT2D eigenvalue weighted by atomic mass is 19.1. The van der Waals surface area contributed by atoms with E-state index in [9.17, 15) is 13.6 Å². The predicted molar refractivity (Wildman–Crippen MR) is 70.9 cm³/mol. The number of rotatable bonds is 3. The Morgan fingerprint density at radius 3 is 2.75 bits per heavy atom. The average molecular weight is 277 g/mol. The van der Waals surface area contributed by atoms with Crippen molar-refractivity contribution in [2.75, 3.05) is 5.73 Å². The molecule has 3 N–H and O–H groups in total. The highest BCUT2D eigenvalue weighted by Gasteiger charge is 2.18. The van der Waals surface area contributed by atoms with Crippen molar-refractivity contribution in [2.24, 2.45) is 0 Å². The first kappa shape index (κ1) is 13.9. The molecule has 6 heteroatoms. The molecule has 4 nitrogen and oxygen atoms in total. The second-order valence-electron chi connectivity index (χ2n) is 4.31. The molecule has 1 amide bonds. The van der Waals surface area contributed by atoms with Gasteiger partial charge in [-0.25, -0.2) is 8.78 Å². The molecule has 20 heavy (non-hydrogen) atoms. The number of hydrogen-bond donors (Lipinski definition) is 2. The van der Waals surface area contributed by atoms with Crippen LogP contribution in [0, 0.1) is 11.6 Å². The van der Waals surface area contributed by atoms with E-state index in [1.165, 1.54) is 0 Å². The monoisotopic (exact) mass is 277 g/mol. The quantitative estimate of drug-likeness (QED) is 0.847. The van der Waals surface area contributed by atoms with Crippen molar-refractivity contribution in [2.45, 2.75) is 13.0 Å². The molecule has 1 aromatic carbocycles. The lowest BCUT2D eigenvalue weighted by atomic mass is 10.1. The van der Waals surface area contributed by atoms with Gasteiger partial charge in [-0.2, -0.15) is 0 Å². The van der Waals surface area contributed by atoms with Crippen LogP contribution in [-0.2, 0) is 0 Å². The zero-order valence-corrected chi connectivity index (χ0v) is 10.7. The Labute approximate surface area is 114 Å². The number of nitrogens with zero attached hydrogens (tertiary/aromatic N) is 1. The predicted octanol–water partition coefficient (Wildman–Crippen LogP) is 2.43. The summed E-state index contributed by atoms with van der Waals surface area (Å²) in [6, 6.07) is 6.44. The third kappa shape index (κ3) is 2.90. The van der Waals surface area contributed by atoms with Crippen LogP contribution in [0.2, 0.25) is 0 Å². The van der Waals surface area contributed by atoms with E-state index in [1.54, 1.807) is 31.3 Å². The Balaban J connectivity index is 2.21. The van der Waals surface area contributed by atoms with Gasteiger partial charge in [-0.15, -0.1) is 0 Å². The van der Waals surface area contributed by atoms with Gasteiger partial charge < -0.3 is 11.1 Å². The van der Waals surface area contributed by atoms with Gasteiger partial charge in [0.25, 0.3) is 5.91 Å². The van der Waals surface area contributed by atoms with E-state index in [0.717, 1.165) is 12.1 Å². The minimum atomic E-state index is -0.933. The third-order valence-electron chi connectivity index (χ3n) is 2.79. The molecular formula is C14H13F2N3O. The van der Waals surface area contributed by atoms with E-state index in [2.05, 4.69) is 10.3 Å². The lowest BCUT2D eigenvalue weighted by molar-refractivity contribution is 0.0934. The molecule has 1 aromatic heterocycles. The first-order chi connectivity index (χ1) is 9.49. The number of amides is 1. The van der Waals surface area contributed by atoms with Crippen molar-refractivity contribution in [1.29, 1.82) is 0 Å². The maximum Gasteiger partial charge on any atom is 0.254 e. The van der Waals surface area contributed by atoms with Gasteiger partial charge in [0.15, 0.2) is 5.82 Å². The standard InChI is InChI=1S/C14H13F2N3O/c1-8(12-4-2-3-5-18-12)19-14(20)10-6-9(15)7-11(17)13(10)16/h2-8H,17H2,1H3,(H,19,20). The number of nitrogens with two attached hydrogens (primary N) is 1. The summed E-state index contributed by atoms with van der Waals surface area (Å²) in [4.78, 5) is 16.0. The summed E-state index contributed by atoms with van der Waals surface area (Å²) in [6.07, 6.45) is 1.58. The molecule has 0 saturated carbocycles. The number of nitrogens with one attached hydrogen (secondary N) is 1. The van der Waals surface area contributed by atoms with Crippen LogP contribution in [0.25, 0.3) is 0 Å². The number of carbonyl (C=O) groups is 1. The molecule has 0 radical (unpaired) electrons. The fourth-order valence-corrected chi connectivity index (χ4v) is 1.76. The van der Waals surface area contributed by atoms with E-state index < -0.39 is 34.8 Å². The van der Waals surface area contributed by atoms with Crippen molar-refractivity contribution >= 4 is 11.6 Å². The largest absolute Gasteiger partial charge is 0.396 e. The van der Waals surface area contributed by atoms with Gasteiger partial charge in [-0.1, -0.05) is 6.07 Å². The second-order valence-corrected chi connectivity index (χ2v) is 4.31. The summed E-state index contributed by atoms with van der Waals surface area (Å²) < 4.78 is 26.9. The molecule has 0 aliphatic rings. The molecule has 1 atom stereocenters. The van der Waals surface area contributed by atoms with Crippen LogP contribution >= 0.6 is 0 Å². The van der Waals surface area contributed by atoms with Crippen molar-refractivity contribution in [3.05, 3.63) is 59.4 Å². The molecule has 1 unspecified atom stereocenters. The number of pyridine rings is 1.